The predicted molar refractivity (Wildman–Crippen MR) is 110 cm³/mol. The molecule has 33 heavy (non-hydrogen) atoms. The van der Waals surface area contributed by atoms with Crippen LogP contribution in [-0.4, -0.2) is 97.4 Å². The van der Waals surface area contributed by atoms with Crippen LogP contribution in [0.3, 0.4) is 0 Å². The number of aryl methyl sites for hydroxylation is 6. The molecule has 0 bridgehead atoms. The third-order valence-corrected chi connectivity index (χ3v) is 5.48. The lowest BCUT2D eigenvalue weighted by molar-refractivity contribution is -0.00738. The van der Waals surface area contributed by atoms with Crippen LogP contribution in [0.25, 0.3) is 0 Å². The van der Waals surface area contributed by atoms with Crippen molar-refractivity contribution in [2.24, 2.45) is 21.1 Å². The van der Waals surface area contributed by atoms with Gasteiger partial charge in [0.25, 0.3) is 17.7 Å². The zero-order valence-corrected chi connectivity index (χ0v) is 19.2. The molecule has 0 spiro atoms. The second-order valence-electron chi connectivity index (χ2n) is 7.90. The number of hydrogen-bond acceptors (Lipinski definition) is 9. The maximum atomic E-state index is 13.4. The standard InChI is InChI=1S/C18H24N12O3/c1-10-13(25(4)22-19-10)16(31)28-7-29(17(32)14-11(2)20-23-26(14)5)9-30(8-28)18(33)15-12(3)21-24-27(15)6/h7-9H2,1-6H3. The molecule has 0 aromatic carbocycles. The lowest BCUT2D eigenvalue weighted by Gasteiger charge is -2.42. The van der Waals surface area contributed by atoms with Gasteiger partial charge in [0, 0.05) is 21.1 Å². The molecule has 0 saturated carbocycles. The molecule has 0 atom stereocenters. The van der Waals surface area contributed by atoms with Gasteiger partial charge in [-0.25, -0.2) is 14.0 Å². The molecule has 0 radical (unpaired) electrons. The largest absolute Gasteiger partial charge is 0.301 e. The Morgan fingerprint density at radius 1 is 0.545 bits per heavy atom. The fourth-order valence-corrected chi connectivity index (χ4v) is 3.85. The summed E-state index contributed by atoms with van der Waals surface area (Å²) < 4.78 is 4.11. The van der Waals surface area contributed by atoms with E-state index >= 15 is 0 Å². The molecule has 1 aliphatic rings. The van der Waals surface area contributed by atoms with Crippen LogP contribution in [0.1, 0.15) is 48.5 Å². The highest BCUT2D eigenvalue weighted by Gasteiger charge is 2.37. The molecule has 0 N–H and O–H groups in total. The van der Waals surface area contributed by atoms with Crippen molar-refractivity contribution in [1.82, 2.24) is 59.7 Å². The van der Waals surface area contributed by atoms with Crippen molar-refractivity contribution in [2.75, 3.05) is 20.0 Å². The number of rotatable bonds is 3. The maximum Gasteiger partial charge on any atom is 0.276 e. The summed E-state index contributed by atoms with van der Waals surface area (Å²) in [6, 6.07) is 0. The van der Waals surface area contributed by atoms with E-state index in [0.29, 0.717) is 17.1 Å². The van der Waals surface area contributed by atoms with Crippen LogP contribution in [0.5, 0.6) is 0 Å². The van der Waals surface area contributed by atoms with Gasteiger partial charge in [0.2, 0.25) is 0 Å². The molecule has 3 amide bonds. The summed E-state index contributed by atoms with van der Waals surface area (Å²) in [7, 11) is 4.83. The first-order valence-corrected chi connectivity index (χ1v) is 10.1. The second kappa shape index (κ2) is 8.07. The Balaban J connectivity index is 1.71. The first-order chi connectivity index (χ1) is 15.6. The van der Waals surface area contributed by atoms with Crippen molar-refractivity contribution in [3.63, 3.8) is 0 Å². The summed E-state index contributed by atoms with van der Waals surface area (Å²) in [4.78, 5) is 44.3. The second-order valence-corrected chi connectivity index (χ2v) is 7.90. The van der Waals surface area contributed by atoms with Crippen LogP contribution in [0.2, 0.25) is 0 Å². The van der Waals surface area contributed by atoms with Crippen molar-refractivity contribution in [2.45, 2.75) is 20.8 Å². The Morgan fingerprint density at radius 3 is 0.970 bits per heavy atom. The van der Waals surface area contributed by atoms with Crippen LogP contribution >= 0.6 is 0 Å². The van der Waals surface area contributed by atoms with Crippen LogP contribution in [-0.2, 0) is 21.1 Å². The van der Waals surface area contributed by atoms with E-state index in [1.165, 1.54) is 28.7 Å². The van der Waals surface area contributed by atoms with Gasteiger partial charge >= 0.3 is 0 Å². The molecule has 1 aliphatic heterocycles. The summed E-state index contributed by atoms with van der Waals surface area (Å²) in [6.45, 7) is 4.89. The van der Waals surface area contributed by atoms with E-state index < -0.39 is 17.7 Å². The number of carbonyl (C=O) groups excluding carboxylic acids is 3. The van der Waals surface area contributed by atoms with Crippen molar-refractivity contribution in [1.29, 1.82) is 0 Å². The number of amides is 3. The molecule has 174 valence electrons. The monoisotopic (exact) mass is 456 g/mol. The third-order valence-electron chi connectivity index (χ3n) is 5.48. The quantitative estimate of drug-likeness (QED) is 0.463. The fraction of sp³-hybridized carbons (Fsp3) is 0.500. The van der Waals surface area contributed by atoms with Crippen molar-refractivity contribution >= 4 is 17.7 Å². The summed E-state index contributed by atoms with van der Waals surface area (Å²) >= 11 is 0. The van der Waals surface area contributed by atoms with E-state index in [9.17, 15) is 14.4 Å². The lowest BCUT2D eigenvalue weighted by Crippen LogP contribution is -2.60. The van der Waals surface area contributed by atoms with Gasteiger partial charge in [-0.15, -0.1) is 15.3 Å². The van der Waals surface area contributed by atoms with Gasteiger partial charge in [0.1, 0.15) is 17.1 Å². The minimum atomic E-state index is -0.407. The molecule has 0 unspecified atom stereocenters. The predicted octanol–water partition coefficient (Wildman–Crippen LogP) is -1.39. The highest BCUT2D eigenvalue weighted by atomic mass is 16.2. The highest BCUT2D eigenvalue weighted by molar-refractivity contribution is 5.98. The summed E-state index contributed by atoms with van der Waals surface area (Å²) in [6.07, 6.45) is 0. The summed E-state index contributed by atoms with van der Waals surface area (Å²) in [5, 5.41) is 23.5. The van der Waals surface area contributed by atoms with Crippen molar-refractivity contribution in [3.05, 3.63) is 34.2 Å². The van der Waals surface area contributed by atoms with Gasteiger partial charge in [0.05, 0.1) is 37.1 Å². The van der Waals surface area contributed by atoms with Gasteiger partial charge in [-0.3, -0.25) is 14.4 Å². The highest BCUT2D eigenvalue weighted by Crippen LogP contribution is 2.19. The normalized spacial score (nSPS) is 14.2. The van der Waals surface area contributed by atoms with E-state index in [2.05, 4.69) is 30.9 Å². The molecule has 3 aromatic rings. The molecule has 15 nitrogen and oxygen atoms in total. The Hall–Kier alpha value is -4.17. The van der Waals surface area contributed by atoms with Gasteiger partial charge in [0.15, 0.2) is 0 Å². The number of carbonyl (C=O) groups is 3. The number of hydrogen-bond donors (Lipinski definition) is 0. The zero-order chi connectivity index (χ0) is 24.0. The molecule has 1 saturated heterocycles. The van der Waals surface area contributed by atoms with Crippen molar-refractivity contribution in [3.8, 4) is 0 Å². The van der Waals surface area contributed by atoms with Gasteiger partial charge in [-0.2, -0.15) is 0 Å². The maximum absolute atomic E-state index is 13.4. The van der Waals surface area contributed by atoms with E-state index in [0.717, 1.165) is 0 Å². The minimum Gasteiger partial charge on any atom is -0.301 e. The number of aromatic nitrogens is 9. The molecule has 3 aromatic heterocycles. The molecule has 4 rings (SSSR count). The van der Waals surface area contributed by atoms with Crippen LogP contribution in [0.15, 0.2) is 0 Å². The smallest absolute Gasteiger partial charge is 0.276 e. The Kier molecular flexibility index (Phi) is 5.39. The third kappa shape index (κ3) is 3.70. The average molecular weight is 456 g/mol. The van der Waals surface area contributed by atoms with Crippen LogP contribution in [0.4, 0.5) is 0 Å². The zero-order valence-electron chi connectivity index (χ0n) is 19.2. The fourth-order valence-electron chi connectivity index (χ4n) is 3.85. The molecular formula is C18H24N12O3. The topological polar surface area (TPSA) is 153 Å². The van der Waals surface area contributed by atoms with Crippen LogP contribution in [0, 0.1) is 20.8 Å². The Bertz CT molecular complexity index is 1040. The average Bonchev–Trinajstić information content (AvgIpc) is 3.42. The first-order valence-electron chi connectivity index (χ1n) is 10.1. The van der Waals surface area contributed by atoms with Crippen molar-refractivity contribution < 1.29 is 14.4 Å². The molecule has 1 fully saturated rings. The molecule has 0 aliphatic carbocycles. The molecular weight excluding hydrogens is 432 g/mol. The molecule has 15 heteroatoms. The first kappa shape index (κ1) is 22.0. The minimum absolute atomic E-state index is 0.0424. The lowest BCUT2D eigenvalue weighted by atomic mass is 10.2. The Morgan fingerprint density at radius 2 is 0.788 bits per heavy atom. The van der Waals surface area contributed by atoms with E-state index in [1.54, 1.807) is 41.9 Å². The van der Waals surface area contributed by atoms with E-state index in [4.69, 9.17) is 0 Å². The summed E-state index contributed by atoms with van der Waals surface area (Å²) in [5.41, 5.74) is 2.15. The van der Waals surface area contributed by atoms with Gasteiger partial charge < -0.3 is 14.7 Å². The van der Waals surface area contributed by atoms with Crippen LogP contribution < -0.4 is 0 Å². The Labute approximate surface area is 188 Å². The molecule has 4 heterocycles. The summed E-state index contributed by atoms with van der Waals surface area (Å²) in [5.74, 6) is -1.22. The van der Waals surface area contributed by atoms with E-state index in [-0.39, 0.29) is 37.1 Å². The van der Waals surface area contributed by atoms with Gasteiger partial charge in [-0.1, -0.05) is 15.6 Å². The SMILES string of the molecule is Cc1nnn(C)c1C(=O)N1CN(C(=O)c2c(C)nnn2C)CN(C(=O)c2c(C)nnn2C)C1. The van der Waals surface area contributed by atoms with E-state index in [1.807, 2.05) is 0 Å². The van der Waals surface area contributed by atoms with Gasteiger partial charge in [-0.05, 0) is 20.8 Å². The number of nitrogens with zero attached hydrogens (tertiary/aromatic N) is 12.